The molecule has 0 aliphatic rings. The first-order valence-electron chi connectivity index (χ1n) is 6.92. The van der Waals surface area contributed by atoms with Crippen LogP contribution in [0.1, 0.15) is 5.56 Å². The molecule has 2 heterocycles. The molecule has 0 radical (unpaired) electrons. The van der Waals surface area contributed by atoms with Crippen molar-refractivity contribution in [2.24, 2.45) is 0 Å². The van der Waals surface area contributed by atoms with Crippen LogP contribution >= 0.6 is 0 Å². The van der Waals surface area contributed by atoms with Crippen molar-refractivity contribution < 1.29 is 0 Å². The number of anilines is 2. The van der Waals surface area contributed by atoms with Crippen molar-refractivity contribution in [2.75, 3.05) is 24.3 Å². The van der Waals surface area contributed by atoms with Crippen molar-refractivity contribution in [3.05, 3.63) is 60.7 Å². The molecule has 0 aliphatic carbocycles. The van der Waals surface area contributed by atoms with Gasteiger partial charge in [0.15, 0.2) is 0 Å². The van der Waals surface area contributed by atoms with Crippen LogP contribution in [0.25, 0.3) is 10.8 Å². The molecular weight excluding hydrogens is 260 g/mol. The van der Waals surface area contributed by atoms with E-state index >= 15 is 0 Å². The van der Waals surface area contributed by atoms with E-state index in [1.54, 1.807) is 6.20 Å². The molecule has 0 spiro atoms. The van der Waals surface area contributed by atoms with Crippen molar-refractivity contribution >= 4 is 22.1 Å². The van der Waals surface area contributed by atoms with Crippen LogP contribution in [0.15, 0.2) is 55.1 Å². The van der Waals surface area contributed by atoms with Crippen LogP contribution in [0.5, 0.6) is 0 Å². The normalized spacial score (nSPS) is 10.6. The first-order valence-corrected chi connectivity index (χ1v) is 6.92. The SMILES string of the molecule is CN(C)c1ccncc1NCc1cncc2ccccc12. The summed E-state index contributed by atoms with van der Waals surface area (Å²) in [5.41, 5.74) is 3.33. The highest BCUT2D eigenvalue weighted by molar-refractivity contribution is 5.85. The highest BCUT2D eigenvalue weighted by Gasteiger charge is 2.05. The quantitative estimate of drug-likeness (QED) is 0.795. The largest absolute Gasteiger partial charge is 0.378 e. The highest BCUT2D eigenvalue weighted by Crippen LogP contribution is 2.24. The fourth-order valence-electron chi connectivity index (χ4n) is 2.42. The number of pyridine rings is 2. The van der Waals surface area contributed by atoms with E-state index in [1.807, 2.05) is 44.8 Å². The summed E-state index contributed by atoms with van der Waals surface area (Å²) in [5.74, 6) is 0. The van der Waals surface area contributed by atoms with Crippen LogP contribution in [0, 0.1) is 0 Å². The highest BCUT2D eigenvalue weighted by atomic mass is 15.1. The average Bonchev–Trinajstić information content (AvgIpc) is 2.53. The lowest BCUT2D eigenvalue weighted by molar-refractivity contribution is 1.08. The monoisotopic (exact) mass is 278 g/mol. The number of nitrogens with zero attached hydrogens (tertiary/aromatic N) is 3. The van der Waals surface area contributed by atoms with Gasteiger partial charge in [0, 0.05) is 44.6 Å². The predicted octanol–water partition coefficient (Wildman–Crippen LogP) is 3.31. The number of nitrogens with one attached hydrogen (secondary N) is 1. The molecule has 3 aromatic rings. The second-order valence-corrected chi connectivity index (χ2v) is 5.16. The van der Waals surface area contributed by atoms with Crippen LogP contribution < -0.4 is 10.2 Å². The number of rotatable bonds is 4. The second-order valence-electron chi connectivity index (χ2n) is 5.16. The summed E-state index contributed by atoms with van der Waals surface area (Å²) in [6, 6.07) is 10.3. The van der Waals surface area contributed by atoms with Gasteiger partial charge >= 0.3 is 0 Å². The minimum atomic E-state index is 0.723. The van der Waals surface area contributed by atoms with Gasteiger partial charge in [-0.15, -0.1) is 0 Å². The fourth-order valence-corrected chi connectivity index (χ4v) is 2.42. The Balaban J connectivity index is 1.87. The van der Waals surface area contributed by atoms with Gasteiger partial charge in [0.05, 0.1) is 17.6 Å². The summed E-state index contributed by atoms with van der Waals surface area (Å²) in [4.78, 5) is 10.6. The Kier molecular flexibility index (Phi) is 3.69. The Hall–Kier alpha value is -2.62. The van der Waals surface area contributed by atoms with E-state index in [-0.39, 0.29) is 0 Å². The molecule has 4 nitrogen and oxygen atoms in total. The van der Waals surface area contributed by atoms with Gasteiger partial charge in [-0.05, 0) is 17.0 Å². The van der Waals surface area contributed by atoms with Crippen LogP contribution in [0.2, 0.25) is 0 Å². The third-order valence-corrected chi connectivity index (χ3v) is 3.50. The summed E-state index contributed by atoms with van der Waals surface area (Å²) >= 11 is 0. The second kappa shape index (κ2) is 5.79. The lowest BCUT2D eigenvalue weighted by Crippen LogP contribution is -2.12. The third kappa shape index (κ3) is 2.79. The minimum Gasteiger partial charge on any atom is -0.378 e. The molecule has 0 aliphatic heterocycles. The molecule has 2 aromatic heterocycles. The maximum Gasteiger partial charge on any atom is 0.0766 e. The standard InChI is InChI=1S/C17H18N4/c1-21(2)17-7-8-18-12-16(17)20-11-14-10-19-9-13-5-3-4-6-15(13)14/h3-10,12,20H,11H2,1-2H3. The van der Waals surface area contributed by atoms with Gasteiger partial charge in [-0.3, -0.25) is 9.97 Å². The third-order valence-electron chi connectivity index (χ3n) is 3.50. The molecule has 4 heteroatoms. The molecule has 0 saturated carbocycles. The minimum absolute atomic E-state index is 0.723. The molecule has 106 valence electrons. The smallest absolute Gasteiger partial charge is 0.0766 e. The molecule has 0 fully saturated rings. The molecule has 1 aromatic carbocycles. The first kappa shape index (κ1) is 13.4. The van der Waals surface area contributed by atoms with E-state index in [4.69, 9.17) is 0 Å². The summed E-state index contributed by atoms with van der Waals surface area (Å²) in [7, 11) is 4.06. The molecule has 21 heavy (non-hydrogen) atoms. The Morgan fingerprint density at radius 3 is 2.71 bits per heavy atom. The molecule has 0 unspecified atom stereocenters. The maximum absolute atomic E-state index is 4.32. The molecule has 0 saturated heterocycles. The van der Waals surface area contributed by atoms with Gasteiger partial charge in [0.25, 0.3) is 0 Å². The Labute approximate surface area is 124 Å². The van der Waals surface area contributed by atoms with Gasteiger partial charge in [-0.2, -0.15) is 0 Å². The van der Waals surface area contributed by atoms with Crippen LogP contribution in [0.4, 0.5) is 11.4 Å². The number of aromatic nitrogens is 2. The van der Waals surface area contributed by atoms with Crippen molar-refractivity contribution in [1.29, 1.82) is 0 Å². The average molecular weight is 278 g/mol. The van der Waals surface area contributed by atoms with Gasteiger partial charge in [0.1, 0.15) is 0 Å². The number of benzene rings is 1. The fraction of sp³-hybridized carbons (Fsp3) is 0.176. The summed E-state index contributed by atoms with van der Waals surface area (Å²) in [5, 5.41) is 5.85. The van der Waals surface area contributed by atoms with E-state index in [2.05, 4.69) is 38.4 Å². The van der Waals surface area contributed by atoms with Gasteiger partial charge in [-0.1, -0.05) is 24.3 Å². The number of hydrogen-bond donors (Lipinski definition) is 1. The lowest BCUT2D eigenvalue weighted by atomic mass is 10.1. The van der Waals surface area contributed by atoms with Crippen molar-refractivity contribution in [2.45, 2.75) is 6.54 Å². The maximum atomic E-state index is 4.32. The topological polar surface area (TPSA) is 41.1 Å². The summed E-state index contributed by atoms with van der Waals surface area (Å²) in [6.45, 7) is 0.723. The van der Waals surface area contributed by atoms with Gasteiger partial charge < -0.3 is 10.2 Å². The van der Waals surface area contributed by atoms with E-state index in [9.17, 15) is 0 Å². The van der Waals surface area contributed by atoms with E-state index in [1.165, 1.54) is 10.9 Å². The van der Waals surface area contributed by atoms with Gasteiger partial charge in [-0.25, -0.2) is 0 Å². The number of hydrogen-bond acceptors (Lipinski definition) is 4. The van der Waals surface area contributed by atoms with Crippen LogP contribution in [-0.4, -0.2) is 24.1 Å². The van der Waals surface area contributed by atoms with E-state index in [0.29, 0.717) is 0 Å². The van der Waals surface area contributed by atoms with Crippen molar-refractivity contribution in [3.63, 3.8) is 0 Å². The van der Waals surface area contributed by atoms with E-state index < -0.39 is 0 Å². The van der Waals surface area contributed by atoms with Crippen LogP contribution in [-0.2, 0) is 6.54 Å². The zero-order valence-corrected chi connectivity index (χ0v) is 12.2. The Morgan fingerprint density at radius 1 is 1.00 bits per heavy atom. The summed E-state index contributed by atoms with van der Waals surface area (Å²) < 4.78 is 0. The number of fused-ring (bicyclic) bond motifs is 1. The zero-order chi connectivity index (χ0) is 14.7. The molecular formula is C17H18N4. The molecule has 0 amide bonds. The van der Waals surface area contributed by atoms with Crippen LogP contribution in [0.3, 0.4) is 0 Å². The molecule has 0 bridgehead atoms. The van der Waals surface area contributed by atoms with E-state index in [0.717, 1.165) is 23.3 Å². The Morgan fingerprint density at radius 2 is 1.86 bits per heavy atom. The Bertz CT molecular complexity index is 747. The van der Waals surface area contributed by atoms with Crippen molar-refractivity contribution in [1.82, 2.24) is 9.97 Å². The predicted molar refractivity (Wildman–Crippen MR) is 87.6 cm³/mol. The first-order chi connectivity index (χ1) is 10.3. The lowest BCUT2D eigenvalue weighted by Gasteiger charge is -2.18. The van der Waals surface area contributed by atoms with Crippen molar-refractivity contribution in [3.8, 4) is 0 Å². The molecule has 0 atom stereocenters. The summed E-state index contributed by atoms with van der Waals surface area (Å²) in [6.07, 6.45) is 7.48. The van der Waals surface area contributed by atoms with Gasteiger partial charge in [0.2, 0.25) is 0 Å². The molecule has 1 N–H and O–H groups in total. The zero-order valence-electron chi connectivity index (χ0n) is 12.2. The molecule has 3 rings (SSSR count).